The fourth-order valence-corrected chi connectivity index (χ4v) is 4.10. The van der Waals surface area contributed by atoms with Crippen LogP contribution in [-0.4, -0.2) is 49.9 Å². The van der Waals surface area contributed by atoms with Gasteiger partial charge in [0.05, 0.1) is 26.3 Å². The fraction of sp³-hybridized carbons (Fsp3) is 0.421. The molecule has 0 saturated carbocycles. The van der Waals surface area contributed by atoms with E-state index in [1.807, 2.05) is 4.57 Å². The zero-order chi connectivity index (χ0) is 20.7. The van der Waals surface area contributed by atoms with Crippen LogP contribution >= 0.6 is 23.2 Å². The summed E-state index contributed by atoms with van der Waals surface area (Å²) >= 11 is 12.8. The maximum Gasteiger partial charge on any atom is 0.332 e. The number of aromatic nitrogens is 4. The highest BCUT2D eigenvalue weighted by atomic mass is 35.5. The summed E-state index contributed by atoms with van der Waals surface area (Å²) in [6.07, 6.45) is 0. The largest absolute Gasteiger partial charge is 0.379 e. The first-order valence-electron chi connectivity index (χ1n) is 9.26. The Hall–Kier alpha value is -2.13. The third-order valence-electron chi connectivity index (χ3n) is 5.27. The van der Waals surface area contributed by atoms with Gasteiger partial charge < -0.3 is 9.30 Å². The van der Waals surface area contributed by atoms with Gasteiger partial charge in [0.2, 0.25) is 0 Å². The van der Waals surface area contributed by atoms with Crippen molar-refractivity contribution in [3.63, 3.8) is 0 Å². The minimum absolute atomic E-state index is 0.280. The summed E-state index contributed by atoms with van der Waals surface area (Å²) in [5.41, 5.74) is 0.598. The van der Waals surface area contributed by atoms with E-state index in [2.05, 4.69) is 9.88 Å². The molecule has 1 aromatic carbocycles. The zero-order valence-electron chi connectivity index (χ0n) is 16.2. The molecule has 0 N–H and O–H groups in total. The maximum atomic E-state index is 13.0. The first-order chi connectivity index (χ1) is 13.9. The molecule has 1 aliphatic rings. The minimum atomic E-state index is -0.416. The second-order valence-corrected chi connectivity index (χ2v) is 7.90. The third kappa shape index (κ3) is 3.61. The molecule has 0 atom stereocenters. The zero-order valence-corrected chi connectivity index (χ0v) is 17.7. The van der Waals surface area contributed by atoms with Crippen LogP contribution in [0, 0.1) is 0 Å². The fourth-order valence-electron chi connectivity index (χ4n) is 3.58. The van der Waals surface area contributed by atoms with Gasteiger partial charge in [0, 0.05) is 42.8 Å². The molecule has 3 heterocycles. The van der Waals surface area contributed by atoms with Gasteiger partial charge in [0.15, 0.2) is 11.2 Å². The van der Waals surface area contributed by atoms with Crippen molar-refractivity contribution >= 4 is 34.4 Å². The van der Waals surface area contributed by atoms with Crippen LogP contribution < -0.4 is 11.2 Å². The number of nitrogens with zero attached hydrogens (tertiary/aromatic N) is 5. The average molecular weight is 438 g/mol. The van der Waals surface area contributed by atoms with Gasteiger partial charge in [-0.25, -0.2) is 9.78 Å². The molecule has 0 radical (unpaired) electrons. The van der Waals surface area contributed by atoms with Gasteiger partial charge >= 0.3 is 5.69 Å². The van der Waals surface area contributed by atoms with Crippen molar-refractivity contribution < 1.29 is 4.74 Å². The Morgan fingerprint density at radius 2 is 1.69 bits per heavy atom. The van der Waals surface area contributed by atoms with E-state index in [-0.39, 0.29) is 6.54 Å². The Labute approximate surface area is 176 Å². The lowest BCUT2D eigenvalue weighted by atomic mass is 10.2. The molecule has 0 amide bonds. The van der Waals surface area contributed by atoms with Crippen LogP contribution in [0.15, 0.2) is 27.8 Å². The molecule has 10 heteroatoms. The SMILES string of the molecule is Cn1c(=O)c2c(nc(CN3CCOCC3)n2Cc2c(Cl)cccc2Cl)n(C)c1=O. The van der Waals surface area contributed by atoms with Crippen LogP contribution in [-0.2, 0) is 31.9 Å². The second-order valence-electron chi connectivity index (χ2n) is 7.08. The third-order valence-corrected chi connectivity index (χ3v) is 5.98. The van der Waals surface area contributed by atoms with E-state index >= 15 is 0 Å². The van der Waals surface area contributed by atoms with Gasteiger partial charge in [-0.3, -0.25) is 18.8 Å². The molecule has 4 rings (SSSR count). The molecule has 8 nitrogen and oxygen atoms in total. The molecule has 1 saturated heterocycles. The lowest BCUT2D eigenvalue weighted by Gasteiger charge is -2.26. The lowest BCUT2D eigenvalue weighted by Crippen LogP contribution is -2.38. The van der Waals surface area contributed by atoms with Crippen molar-refractivity contribution in [3.05, 3.63) is 60.5 Å². The number of ether oxygens (including phenoxy) is 1. The van der Waals surface area contributed by atoms with Crippen LogP contribution in [0.1, 0.15) is 11.4 Å². The molecule has 0 aliphatic carbocycles. The van der Waals surface area contributed by atoms with E-state index in [1.54, 1.807) is 25.2 Å². The highest BCUT2D eigenvalue weighted by Gasteiger charge is 2.22. The number of rotatable bonds is 4. The average Bonchev–Trinajstić information content (AvgIpc) is 3.06. The van der Waals surface area contributed by atoms with E-state index in [0.717, 1.165) is 17.7 Å². The number of benzene rings is 1. The van der Waals surface area contributed by atoms with Gasteiger partial charge in [-0.2, -0.15) is 0 Å². The number of morpholine rings is 1. The first kappa shape index (κ1) is 20.2. The summed E-state index contributed by atoms with van der Waals surface area (Å²) in [5, 5.41) is 1.02. The molecule has 29 heavy (non-hydrogen) atoms. The Morgan fingerprint density at radius 3 is 2.34 bits per heavy atom. The van der Waals surface area contributed by atoms with Gasteiger partial charge in [-0.05, 0) is 12.1 Å². The van der Waals surface area contributed by atoms with Crippen molar-refractivity contribution in [2.45, 2.75) is 13.1 Å². The Bertz CT molecular complexity index is 1170. The topological polar surface area (TPSA) is 74.3 Å². The summed E-state index contributed by atoms with van der Waals surface area (Å²) in [5.74, 6) is 0.677. The summed E-state index contributed by atoms with van der Waals surface area (Å²) in [6.45, 7) is 3.65. The van der Waals surface area contributed by atoms with Crippen molar-refractivity contribution in [2.24, 2.45) is 14.1 Å². The van der Waals surface area contributed by atoms with E-state index in [1.165, 1.54) is 11.6 Å². The summed E-state index contributed by atoms with van der Waals surface area (Å²) in [6, 6.07) is 5.30. The Balaban J connectivity index is 1.92. The molecule has 0 bridgehead atoms. The van der Waals surface area contributed by atoms with E-state index in [4.69, 9.17) is 27.9 Å². The normalized spacial score (nSPS) is 15.3. The molecule has 0 unspecified atom stereocenters. The van der Waals surface area contributed by atoms with Crippen molar-refractivity contribution in [1.82, 2.24) is 23.6 Å². The van der Waals surface area contributed by atoms with Crippen LogP contribution in [0.5, 0.6) is 0 Å². The minimum Gasteiger partial charge on any atom is -0.379 e. The van der Waals surface area contributed by atoms with Crippen LogP contribution in [0.3, 0.4) is 0 Å². The van der Waals surface area contributed by atoms with Gasteiger partial charge in [-0.1, -0.05) is 29.3 Å². The van der Waals surface area contributed by atoms with Gasteiger partial charge in [0.25, 0.3) is 5.56 Å². The van der Waals surface area contributed by atoms with Crippen molar-refractivity contribution in [2.75, 3.05) is 26.3 Å². The second kappa shape index (κ2) is 7.95. The summed E-state index contributed by atoms with van der Waals surface area (Å²) in [7, 11) is 3.08. The highest BCUT2D eigenvalue weighted by molar-refractivity contribution is 6.36. The van der Waals surface area contributed by atoms with E-state index < -0.39 is 11.2 Å². The van der Waals surface area contributed by atoms with Crippen LogP contribution in [0.2, 0.25) is 10.0 Å². The quantitative estimate of drug-likeness (QED) is 0.619. The lowest BCUT2D eigenvalue weighted by molar-refractivity contribution is 0.0327. The smallest absolute Gasteiger partial charge is 0.332 e. The number of aryl methyl sites for hydroxylation is 1. The molecular formula is C19H21Cl2N5O3. The Kier molecular flexibility index (Phi) is 5.52. The first-order valence-corrected chi connectivity index (χ1v) is 10.0. The van der Waals surface area contributed by atoms with Gasteiger partial charge in [-0.15, -0.1) is 0 Å². The molecular weight excluding hydrogens is 417 g/mol. The molecule has 154 valence electrons. The van der Waals surface area contributed by atoms with Crippen LogP contribution in [0.4, 0.5) is 0 Å². The monoisotopic (exact) mass is 437 g/mol. The number of fused-ring (bicyclic) bond motifs is 1. The number of halogens is 2. The molecule has 0 spiro atoms. The highest BCUT2D eigenvalue weighted by Crippen LogP contribution is 2.27. The standard InChI is InChI=1S/C19H21Cl2N5O3/c1-23-17-16(18(27)24(2)19(23)28)26(10-12-13(20)4-3-5-14(12)21)15(22-17)11-25-6-8-29-9-7-25/h3-5H,6-11H2,1-2H3. The molecule has 1 fully saturated rings. The van der Waals surface area contributed by atoms with E-state index in [9.17, 15) is 9.59 Å². The predicted molar refractivity (Wildman–Crippen MR) is 112 cm³/mol. The van der Waals surface area contributed by atoms with Crippen molar-refractivity contribution in [3.8, 4) is 0 Å². The van der Waals surface area contributed by atoms with E-state index in [0.29, 0.717) is 52.4 Å². The summed E-state index contributed by atoms with van der Waals surface area (Å²) in [4.78, 5) is 32.2. The molecule has 1 aliphatic heterocycles. The predicted octanol–water partition coefficient (Wildman–Crippen LogP) is 1.62. The molecule has 2 aromatic heterocycles. The van der Waals surface area contributed by atoms with Gasteiger partial charge in [0.1, 0.15) is 5.82 Å². The summed E-state index contributed by atoms with van der Waals surface area (Å²) < 4.78 is 9.72. The Morgan fingerprint density at radius 1 is 1.03 bits per heavy atom. The number of hydrogen-bond donors (Lipinski definition) is 0. The van der Waals surface area contributed by atoms with Crippen LogP contribution in [0.25, 0.3) is 11.2 Å². The number of hydrogen-bond acceptors (Lipinski definition) is 5. The number of imidazole rings is 1. The van der Waals surface area contributed by atoms with Crippen molar-refractivity contribution in [1.29, 1.82) is 0 Å². The molecule has 3 aromatic rings. The maximum absolute atomic E-state index is 13.0.